The van der Waals surface area contributed by atoms with Crippen LogP contribution in [0.2, 0.25) is 0 Å². The summed E-state index contributed by atoms with van der Waals surface area (Å²) in [5.74, 6) is 2.08. The normalized spacial score (nSPS) is 13.9. The minimum atomic E-state index is -1.59. The van der Waals surface area contributed by atoms with Crippen LogP contribution in [0.1, 0.15) is 133 Å². The first-order chi connectivity index (χ1) is 18.4. The largest absolute Gasteiger partial charge is 0.463 e. The summed E-state index contributed by atoms with van der Waals surface area (Å²) in [5.41, 5.74) is 3.34. The molecule has 0 heterocycles. The highest BCUT2D eigenvalue weighted by Crippen LogP contribution is 2.44. The number of benzene rings is 2. The standard InChI is InChI=1S/C36H59O3P/c1-13-15-16-28(14-2)25-37-40(38-31-21-17-29(18-22-31)35(9,10)26-33(3,4)5)39-32-23-19-30(20-24-32)36(11,12)27-34(6,7)8/h17-24,28H,13-16,25-27H2,1-12H3/t28-/m1/s1. The first-order valence-corrected chi connectivity index (χ1v) is 16.5. The molecule has 0 N–H and O–H groups in total. The fourth-order valence-corrected chi connectivity index (χ4v) is 7.16. The van der Waals surface area contributed by atoms with Crippen LogP contribution in [0.25, 0.3) is 0 Å². The van der Waals surface area contributed by atoms with Crippen molar-refractivity contribution < 1.29 is 13.6 Å². The maximum Gasteiger partial charge on any atom is 0.463 e. The number of hydrogen-bond acceptors (Lipinski definition) is 3. The van der Waals surface area contributed by atoms with E-state index in [0.29, 0.717) is 12.5 Å². The van der Waals surface area contributed by atoms with Crippen LogP contribution in [0, 0.1) is 16.7 Å². The molecule has 0 aliphatic heterocycles. The van der Waals surface area contributed by atoms with E-state index in [4.69, 9.17) is 13.6 Å². The molecule has 2 aromatic carbocycles. The molecule has 2 aromatic rings. The van der Waals surface area contributed by atoms with Gasteiger partial charge in [0.15, 0.2) is 0 Å². The second kappa shape index (κ2) is 14.6. The van der Waals surface area contributed by atoms with Crippen LogP contribution in [-0.4, -0.2) is 6.61 Å². The maximum absolute atomic E-state index is 6.37. The molecule has 0 spiro atoms. The molecule has 40 heavy (non-hydrogen) atoms. The van der Waals surface area contributed by atoms with E-state index >= 15 is 0 Å². The van der Waals surface area contributed by atoms with Crippen molar-refractivity contribution in [2.24, 2.45) is 16.7 Å². The van der Waals surface area contributed by atoms with Gasteiger partial charge in [0.05, 0.1) is 6.61 Å². The van der Waals surface area contributed by atoms with E-state index < -0.39 is 8.60 Å². The Hall–Kier alpha value is -1.57. The quantitative estimate of drug-likeness (QED) is 0.199. The molecule has 0 fully saturated rings. The van der Waals surface area contributed by atoms with Gasteiger partial charge in [0.25, 0.3) is 0 Å². The zero-order valence-corrected chi connectivity index (χ0v) is 28.7. The summed E-state index contributed by atoms with van der Waals surface area (Å²) in [6.07, 6.45) is 6.91. The lowest BCUT2D eigenvalue weighted by Gasteiger charge is -2.33. The zero-order valence-electron chi connectivity index (χ0n) is 27.8. The van der Waals surface area contributed by atoms with Crippen LogP contribution in [0.3, 0.4) is 0 Å². The Kier molecular flexibility index (Phi) is 12.6. The Morgan fingerprint density at radius 2 is 1.02 bits per heavy atom. The molecule has 0 aliphatic rings. The third-order valence-electron chi connectivity index (χ3n) is 7.53. The third-order valence-corrected chi connectivity index (χ3v) is 8.61. The van der Waals surface area contributed by atoms with Gasteiger partial charge in [-0.2, -0.15) is 0 Å². The summed E-state index contributed by atoms with van der Waals surface area (Å²) in [4.78, 5) is 0. The van der Waals surface area contributed by atoms with Crippen molar-refractivity contribution in [1.29, 1.82) is 0 Å². The number of unbranched alkanes of at least 4 members (excludes halogenated alkanes) is 1. The van der Waals surface area contributed by atoms with Crippen LogP contribution in [0.15, 0.2) is 48.5 Å². The first kappa shape index (κ1) is 34.6. The van der Waals surface area contributed by atoms with Gasteiger partial charge < -0.3 is 9.05 Å². The summed E-state index contributed by atoms with van der Waals surface area (Å²) in [7, 11) is -1.59. The fraction of sp³-hybridized carbons (Fsp3) is 0.667. The lowest BCUT2D eigenvalue weighted by Crippen LogP contribution is -2.24. The van der Waals surface area contributed by atoms with E-state index in [1.165, 1.54) is 30.4 Å². The molecule has 0 saturated heterocycles. The van der Waals surface area contributed by atoms with Crippen LogP contribution < -0.4 is 9.05 Å². The Bertz CT molecular complexity index is 921. The SMILES string of the molecule is CCCC[C@@H](CC)COP(Oc1ccc(C(C)(C)CC(C)(C)C)cc1)Oc1ccc(C(C)(C)CC(C)(C)C)cc1. The van der Waals surface area contributed by atoms with Crippen molar-refractivity contribution in [1.82, 2.24) is 0 Å². The van der Waals surface area contributed by atoms with E-state index in [1.807, 2.05) is 0 Å². The molecule has 0 unspecified atom stereocenters. The molecule has 1 atom stereocenters. The van der Waals surface area contributed by atoms with Gasteiger partial charge in [0.2, 0.25) is 0 Å². The summed E-state index contributed by atoms with van der Waals surface area (Å²) in [6, 6.07) is 17.0. The summed E-state index contributed by atoms with van der Waals surface area (Å²) in [5, 5.41) is 0. The lowest BCUT2D eigenvalue weighted by molar-refractivity contribution is 0.208. The Morgan fingerprint density at radius 1 is 0.625 bits per heavy atom. The summed E-state index contributed by atoms with van der Waals surface area (Å²) >= 11 is 0. The molecule has 0 bridgehead atoms. The highest BCUT2D eigenvalue weighted by atomic mass is 31.2. The Balaban J connectivity index is 2.20. The van der Waals surface area contributed by atoms with Gasteiger partial charge in [-0.3, -0.25) is 4.52 Å². The van der Waals surface area contributed by atoms with E-state index in [1.54, 1.807) is 0 Å². The molecule has 0 saturated carbocycles. The average Bonchev–Trinajstić information content (AvgIpc) is 2.82. The monoisotopic (exact) mass is 570 g/mol. The van der Waals surface area contributed by atoms with Crippen molar-refractivity contribution in [2.45, 2.75) is 132 Å². The van der Waals surface area contributed by atoms with Gasteiger partial charge in [-0.05, 0) is 82.2 Å². The number of hydrogen-bond donors (Lipinski definition) is 0. The van der Waals surface area contributed by atoms with Crippen molar-refractivity contribution >= 4 is 8.60 Å². The predicted molar refractivity (Wildman–Crippen MR) is 175 cm³/mol. The Labute approximate surface area is 248 Å². The second-order valence-electron chi connectivity index (χ2n) is 15.4. The molecule has 2 rings (SSSR count). The molecule has 4 heteroatoms. The fourth-order valence-electron chi connectivity index (χ4n) is 6.10. The van der Waals surface area contributed by atoms with Crippen molar-refractivity contribution in [3.63, 3.8) is 0 Å². The highest BCUT2D eigenvalue weighted by molar-refractivity contribution is 7.42. The first-order valence-electron chi connectivity index (χ1n) is 15.4. The molecule has 3 nitrogen and oxygen atoms in total. The molecule has 226 valence electrons. The molecular formula is C36H59O3P. The topological polar surface area (TPSA) is 27.7 Å². The summed E-state index contributed by atoms with van der Waals surface area (Å²) in [6.45, 7) is 28.2. The maximum atomic E-state index is 6.37. The van der Waals surface area contributed by atoms with Crippen molar-refractivity contribution in [3.05, 3.63) is 59.7 Å². The molecule has 0 amide bonds. The van der Waals surface area contributed by atoms with E-state index in [-0.39, 0.29) is 21.7 Å². The van der Waals surface area contributed by atoms with Crippen LogP contribution in [-0.2, 0) is 15.4 Å². The molecule has 0 aromatic heterocycles. The van der Waals surface area contributed by atoms with Gasteiger partial charge in [-0.1, -0.05) is 127 Å². The molecule has 0 radical (unpaired) electrons. The summed E-state index contributed by atoms with van der Waals surface area (Å²) < 4.78 is 19.1. The zero-order chi connectivity index (χ0) is 30.2. The van der Waals surface area contributed by atoms with Gasteiger partial charge in [0, 0.05) is 0 Å². The molecule has 0 aliphatic carbocycles. The van der Waals surface area contributed by atoms with Gasteiger partial charge in [-0.25, -0.2) is 0 Å². The van der Waals surface area contributed by atoms with Gasteiger partial charge >= 0.3 is 8.60 Å². The van der Waals surface area contributed by atoms with E-state index in [9.17, 15) is 0 Å². The smallest absolute Gasteiger partial charge is 0.418 e. The minimum absolute atomic E-state index is 0.0879. The lowest BCUT2D eigenvalue weighted by atomic mass is 9.72. The van der Waals surface area contributed by atoms with Crippen LogP contribution in [0.5, 0.6) is 11.5 Å². The van der Waals surface area contributed by atoms with Crippen LogP contribution in [0.4, 0.5) is 0 Å². The van der Waals surface area contributed by atoms with E-state index in [0.717, 1.165) is 30.8 Å². The van der Waals surface area contributed by atoms with Gasteiger partial charge in [-0.15, -0.1) is 0 Å². The second-order valence-corrected chi connectivity index (χ2v) is 16.5. The van der Waals surface area contributed by atoms with Crippen molar-refractivity contribution in [3.8, 4) is 11.5 Å². The average molecular weight is 571 g/mol. The minimum Gasteiger partial charge on any atom is -0.418 e. The van der Waals surface area contributed by atoms with Crippen molar-refractivity contribution in [2.75, 3.05) is 6.61 Å². The van der Waals surface area contributed by atoms with Gasteiger partial charge in [0.1, 0.15) is 11.5 Å². The number of rotatable bonds is 15. The predicted octanol–water partition coefficient (Wildman–Crippen LogP) is 12.0. The Morgan fingerprint density at radius 3 is 1.35 bits per heavy atom. The van der Waals surface area contributed by atoms with Crippen LogP contribution >= 0.6 is 8.60 Å². The molecular weight excluding hydrogens is 511 g/mol. The highest BCUT2D eigenvalue weighted by Gasteiger charge is 2.29. The third kappa shape index (κ3) is 12.1. The van der Waals surface area contributed by atoms with E-state index in [2.05, 4.69) is 132 Å².